The van der Waals surface area contributed by atoms with Crippen LogP contribution in [0.2, 0.25) is 0 Å². The summed E-state index contributed by atoms with van der Waals surface area (Å²) in [6.07, 6.45) is 0.751. The summed E-state index contributed by atoms with van der Waals surface area (Å²) in [6, 6.07) is 8.44. The van der Waals surface area contributed by atoms with Gasteiger partial charge in [0.25, 0.3) is 0 Å². The molecule has 57 valence electrons. The second-order valence-corrected chi connectivity index (χ2v) is 3.10. The van der Waals surface area contributed by atoms with Crippen molar-refractivity contribution in [1.29, 1.82) is 1.34 Å². The molecule has 1 rings (SSSR count). The molecule has 0 amide bonds. The molecule has 0 unspecified atom stereocenters. The van der Waals surface area contributed by atoms with Gasteiger partial charge in [0.15, 0.2) is 0 Å². The van der Waals surface area contributed by atoms with Gasteiger partial charge in [-0.3, -0.25) is 0 Å². The van der Waals surface area contributed by atoms with Crippen LogP contribution in [-0.2, 0) is 6.32 Å². The Labute approximate surface area is 71.4 Å². The second kappa shape index (κ2) is 3.61. The van der Waals surface area contributed by atoms with Gasteiger partial charge in [-0.25, -0.2) is 0 Å². The average Bonchev–Trinajstić information content (AvgIpc) is 2.05. The number of benzene rings is 1. The minimum atomic E-state index is 0.579. The van der Waals surface area contributed by atoms with Crippen molar-refractivity contribution in [2.24, 2.45) is 0 Å². The van der Waals surface area contributed by atoms with Crippen LogP contribution in [0.25, 0.3) is 0 Å². The lowest BCUT2D eigenvalue weighted by Gasteiger charge is -2.06. The molecule has 0 aliphatic rings. The van der Waals surface area contributed by atoms with Crippen LogP contribution in [-0.4, -0.2) is 9.15 Å². The molecule has 0 nitrogen and oxygen atoms in total. The Balaban J connectivity index is 2.81. The molecular formula is C10H14B. The molecule has 0 atom stereocenters. The third kappa shape index (κ3) is 2.11. The van der Waals surface area contributed by atoms with Crippen LogP contribution in [0.5, 0.6) is 0 Å². The Hall–Kier alpha value is -0.715. The van der Waals surface area contributed by atoms with Gasteiger partial charge in [0.05, 0.1) is 7.81 Å². The smallest absolute Gasteiger partial charge is 0.0617 e. The largest absolute Gasteiger partial charge is 0.0925 e. The van der Waals surface area contributed by atoms with E-state index in [4.69, 9.17) is 1.34 Å². The Kier molecular flexibility index (Phi) is 2.29. The van der Waals surface area contributed by atoms with Crippen LogP contribution >= 0.6 is 0 Å². The normalized spacial score (nSPS) is 11.4. The van der Waals surface area contributed by atoms with Crippen molar-refractivity contribution in [1.82, 2.24) is 0 Å². The van der Waals surface area contributed by atoms with E-state index in [1.54, 1.807) is 0 Å². The first-order valence-corrected chi connectivity index (χ1v) is 4.03. The maximum atomic E-state index is 6.99. The molecule has 1 aromatic rings. The lowest BCUT2D eigenvalue weighted by Crippen LogP contribution is -1.90. The highest BCUT2D eigenvalue weighted by atomic mass is 14.0. The lowest BCUT2D eigenvalue weighted by atomic mass is 9.93. The van der Waals surface area contributed by atoms with E-state index >= 15 is 0 Å². The first kappa shape index (κ1) is 6.96. The highest BCUT2D eigenvalue weighted by molar-refractivity contribution is 6.08. The Morgan fingerprint density at radius 2 is 2.36 bits per heavy atom. The van der Waals surface area contributed by atoms with Crippen LogP contribution in [0, 0.1) is 0 Å². The molecule has 0 N–H and O–H groups in total. The zero-order chi connectivity index (χ0) is 8.97. The Morgan fingerprint density at radius 3 is 3.00 bits per heavy atom. The molecule has 0 aliphatic carbocycles. The summed E-state index contributed by atoms with van der Waals surface area (Å²) in [6.45, 7) is 4.37. The highest BCUT2D eigenvalue weighted by Gasteiger charge is 1.97. The summed E-state index contributed by atoms with van der Waals surface area (Å²) in [7, 11) is 1.44. The van der Waals surface area contributed by atoms with E-state index in [1.807, 2.05) is 0 Å². The molecule has 1 radical (unpaired) electrons. The molecule has 0 saturated carbocycles. The molecule has 0 aromatic heterocycles. The van der Waals surface area contributed by atoms with Crippen molar-refractivity contribution in [2.75, 3.05) is 0 Å². The molecule has 1 aromatic carbocycles. The van der Waals surface area contributed by atoms with Crippen LogP contribution in [0.15, 0.2) is 24.3 Å². The van der Waals surface area contributed by atoms with Gasteiger partial charge in [0.1, 0.15) is 0 Å². The summed E-state index contributed by atoms with van der Waals surface area (Å²) < 4.78 is 6.99. The number of hydrogen-bond donors (Lipinski definition) is 0. The van der Waals surface area contributed by atoms with E-state index < -0.39 is 0 Å². The van der Waals surface area contributed by atoms with Crippen molar-refractivity contribution in [3.63, 3.8) is 0 Å². The Morgan fingerprint density at radius 1 is 1.55 bits per heavy atom. The summed E-state index contributed by atoms with van der Waals surface area (Å²) in [5.74, 6) is 0.579. The molecular weight excluding hydrogens is 131 g/mol. The van der Waals surface area contributed by atoms with Crippen molar-refractivity contribution >= 4 is 7.81 Å². The first-order chi connectivity index (χ1) is 5.74. The van der Waals surface area contributed by atoms with Gasteiger partial charge in [-0.15, -0.1) is 0 Å². The van der Waals surface area contributed by atoms with Crippen molar-refractivity contribution in [3.8, 4) is 0 Å². The fourth-order valence-electron chi connectivity index (χ4n) is 1.08. The molecule has 0 saturated heterocycles. The zero-order valence-electron chi connectivity index (χ0n) is 8.17. The minimum Gasteiger partial charge on any atom is -0.0617 e. The first-order valence-electron chi connectivity index (χ1n) is 4.60. The van der Waals surface area contributed by atoms with Gasteiger partial charge in [0, 0.05) is 0 Å². The predicted octanol–water partition coefficient (Wildman–Crippen LogP) is 2.21. The van der Waals surface area contributed by atoms with E-state index in [-0.39, 0.29) is 0 Å². The van der Waals surface area contributed by atoms with Crippen LogP contribution < -0.4 is 0 Å². The number of rotatable bonds is 3. The van der Waals surface area contributed by atoms with Crippen LogP contribution in [0.4, 0.5) is 0 Å². The summed E-state index contributed by atoms with van der Waals surface area (Å²) in [4.78, 5) is 0. The van der Waals surface area contributed by atoms with Gasteiger partial charge in [-0.05, 0) is 12.8 Å². The monoisotopic (exact) mass is 146 g/mol. The van der Waals surface area contributed by atoms with Gasteiger partial charge in [-0.1, -0.05) is 50.0 Å². The highest BCUT2D eigenvalue weighted by Crippen LogP contribution is 2.15. The number of hydrogen-bond acceptors (Lipinski definition) is 0. The summed E-state index contributed by atoms with van der Waals surface area (Å²) in [5.41, 5.74) is 2.59. The maximum absolute atomic E-state index is 6.99. The topological polar surface area (TPSA) is 0 Å². The quantitative estimate of drug-likeness (QED) is 0.573. The second-order valence-electron chi connectivity index (χ2n) is 3.10. The SMILES string of the molecule is [2H][B]Cc1cccc(C(C)C)c1. The third-order valence-electron chi connectivity index (χ3n) is 1.85. The van der Waals surface area contributed by atoms with Gasteiger partial charge in [0.2, 0.25) is 0 Å². The Bertz CT molecular complexity index is 245. The molecule has 11 heavy (non-hydrogen) atoms. The predicted molar refractivity (Wildman–Crippen MR) is 51.4 cm³/mol. The van der Waals surface area contributed by atoms with Crippen LogP contribution in [0.3, 0.4) is 0 Å². The lowest BCUT2D eigenvalue weighted by molar-refractivity contribution is 0.864. The van der Waals surface area contributed by atoms with E-state index in [1.165, 1.54) is 18.9 Å². The fraction of sp³-hybridized carbons (Fsp3) is 0.400. The zero-order valence-corrected chi connectivity index (χ0v) is 7.17. The minimum absolute atomic E-state index is 0.579. The molecule has 0 spiro atoms. The van der Waals surface area contributed by atoms with E-state index in [9.17, 15) is 0 Å². The fourth-order valence-corrected chi connectivity index (χ4v) is 1.08. The van der Waals surface area contributed by atoms with E-state index in [0.717, 1.165) is 6.32 Å². The van der Waals surface area contributed by atoms with Crippen molar-refractivity contribution in [3.05, 3.63) is 35.4 Å². The standard InChI is InChI=1S/C10H14B/c1-8(2)10-5-3-4-9(6-10)7-11/h3-6,8,11H,7H2,1-2H3/i11D. The van der Waals surface area contributed by atoms with E-state index in [0.29, 0.717) is 5.92 Å². The molecule has 1 heteroatoms. The van der Waals surface area contributed by atoms with Crippen LogP contribution in [0.1, 0.15) is 30.9 Å². The van der Waals surface area contributed by atoms with Gasteiger partial charge < -0.3 is 0 Å². The third-order valence-corrected chi connectivity index (χ3v) is 1.85. The van der Waals surface area contributed by atoms with E-state index in [2.05, 4.69) is 38.1 Å². The molecule has 0 fully saturated rings. The maximum Gasteiger partial charge on any atom is 0.0925 e. The van der Waals surface area contributed by atoms with Crippen molar-refractivity contribution < 1.29 is 0 Å². The molecule has 0 heterocycles. The van der Waals surface area contributed by atoms with Crippen molar-refractivity contribution in [2.45, 2.75) is 26.1 Å². The molecule has 0 aliphatic heterocycles. The summed E-state index contributed by atoms with van der Waals surface area (Å²) >= 11 is 0. The molecule has 0 bridgehead atoms. The van der Waals surface area contributed by atoms with Gasteiger partial charge in [-0.2, -0.15) is 0 Å². The summed E-state index contributed by atoms with van der Waals surface area (Å²) in [5, 5.41) is 0. The van der Waals surface area contributed by atoms with Gasteiger partial charge >= 0.3 is 0 Å². The average molecular weight is 146 g/mol.